The number of rotatable bonds is 3. The largest absolute Gasteiger partial charge is 0.441 e. The first-order valence-electron chi connectivity index (χ1n) is 8.76. The van der Waals surface area contributed by atoms with Gasteiger partial charge >= 0.3 is 0 Å². The standard InChI is InChI=1S/C21H18N2O4/c1-13(24)22-20-12-19(15-6-4-7-16(11-15)23(25)26)18-10-9-14-5-2-3-8-17(14)21(18)27-20/h2-8,11-12,19H,9-10H2,1H3,(H,22,24). The number of ether oxygens (including phenoxy) is 1. The van der Waals surface area contributed by atoms with Gasteiger partial charge < -0.3 is 4.74 Å². The molecule has 0 radical (unpaired) electrons. The topological polar surface area (TPSA) is 81.5 Å². The fourth-order valence-electron chi connectivity index (χ4n) is 3.70. The van der Waals surface area contributed by atoms with Crippen molar-refractivity contribution in [2.45, 2.75) is 25.7 Å². The van der Waals surface area contributed by atoms with E-state index < -0.39 is 4.92 Å². The first-order chi connectivity index (χ1) is 13.0. The molecule has 6 heteroatoms. The number of hydrogen-bond donors (Lipinski definition) is 1. The highest BCUT2D eigenvalue weighted by molar-refractivity contribution is 5.77. The Bertz CT molecular complexity index is 1010. The van der Waals surface area contributed by atoms with Gasteiger partial charge in [0, 0.05) is 30.5 Å². The number of non-ortho nitro benzene ring substituents is 1. The average Bonchev–Trinajstić information content (AvgIpc) is 2.67. The molecule has 0 saturated heterocycles. The van der Waals surface area contributed by atoms with Gasteiger partial charge in [0.15, 0.2) is 5.88 Å². The summed E-state index contributed by atoms with van der Waals surface area (Å²) in [4.78, 5) is 22.4. The fourth-order valence-corrected chi connectivity index (χ4v) is 3.70. The van der Waals surface area contributed by atoms with Crippen molar-refractivity contribution in [1.82, 2.24) is 5.32 Å². The highest BCUT2D eigenvalue weighted by atomic mass is 16.6. The summed E-state index contributed by atoms with van der Waals surface area (Å²) in [7, 11) is 0. The summed E-state index contributed by atoms with van der Waals surface area (Å²) in [6.45, 7) is 1.42. The summed E-state index contributed by atoms with van der Waals surface area (Å²) in [5.74, 6) is 0.671. The number of nitro benzene ring substituents is 1. The van der Waals surface area contributed by atoms with Crippen molar-refractivity contribution in [3.05, 3.63) is 92.9 Å². The SMILES string of the molecule is CC(=O)NC1=CC(c2cccc([N+](=O)[O-])c2)C2=C(O1)c1ccccc1CC2. The van der Waals surface area contributed by atoms with E-state index in [1.54, 1.807) is 12.1 Å². The van der Waals surface area contributed by atoms with E-state index in [1.807, 2.05) is 30.3 Å². The van der Waals surface area contributed by atoms with Gasteiger partial charge in [-0.2, -0.15) is 0 Å². The Kier molecular flexibility index (Phi) is 4.24. The van der Waals surface area contributed by atoms with Crippen molar-refractivity contribution in [2.24, 2.45) is 0 Å². The molecule has 2 aliphatic rings. The summed E-state index contributed by atoms with van der Waals surface area (Å²) in [5, 5.41) is 13.9. The van der Waals surface area contributed by atoms with Crippen LogP contribution in [0.1, 0.15) is 36.0 Å². The number of allylic oxidation sites excluding steroid dienone is 2. The fraction of sp³-hybridized carbons (Fsp3) is 0.190. The Hall–Kier alpha value is -3.41. The average molecular weight is 362 g/mol. The van der Waals surface area contributed by atoms with Gasteiger partial charge in [-0.25, -0.2) is 0 Å². The minimum Gasteiger partial charge on any atom is -0.441 e. The number of benzene rings is 2. The molecular weight excluding hydrogens is 344 g/mol. The summed E-state index contributed by atoms with van der Waals surface area (Å²) in [6, 6.07) is 14.6. The van der Waals surface area contributed by atoms with Crippen LogP contribution >= 0.6 is 0 Å². The van der Waals surface area contributed by atoms with E-state index in [2.05, 4.69) is 11.4 Å². The maximum atomic E-state index is 11.6. The molecule has 1 amide bonds. The molecule has 2 aromatic rings. The second-order valence-corrected chi connectivity index (χ2v) is 6.66. The predicted molar refractivity (Wildman–Crippen MR) is 101 cm³/mol. The Morgan fingerprint density at radius 3 is 2.78 bits per heavy atom. The Morgan fingerprint density at radius 1 is 1.19 bits per heavy atom. The summed E-state index contributed by atoms with van der Waals surface area (Å²) in [6.07, 6.45) is 3.50. The molecular formula is C21H18N2O4. The van der Waals surface area contributed by atoms with Crippen LogP contribution in [-0.4, -0.2) is 10.8 Å². The third-order valence-corrected chi connectivity index (χ3v) is 4.86. The van der Waals surface area contributed by atoms with Crippen LogP contribution in [0.25, 0.3) is 5.76 Å². The molecule has 27 heavy (non-hydrogen) atoms. The second kappa shape index (κ2) is 6.72. The van der Waals surface area contributed by atoms with E-state index in [0.29, 0.717) is 5.88 Å². The summed E-state index contributed by atoms with van der Waals surface area (Å²) < 4.78 is 6.03. The lowest BCUT2D eigenvalue weighted by atomic mass is 9.80. The lowest BCUT2D eigenvalue weighted by molar-refractivity contribution is -0.384. The molecule has 4 rings (SSSR count). The van der Waals surface area contributed by atoms with E-state index in [-0.39, 0.29) is 17.5 Å². The van der Waals surface area contributed by atoms with Gasteiger partial charge in [0.2, 0.25) is 5.91 Å². The minimum atomic E-state index is -0.396. The van der Waals surface area contributed by atoms with Crippen LogP contribution < -0.4 is 5.32 Å². The molecule has 0 bridgehead atoms. The molecule has 1 heterocycles. The number of amides is 1. The summed E-state index contributed by atoms with van der Waals surface area (Å²) in [5.41, 5.74) is 4.13. The molecule has 0 spiro atoms. The zero-order valence-corrected chi connectivity index (χ0v) is 14.8. The minimum absolute atomic E-state index is 0.0480. The van der Waals surface area contributed by atoms with Gasteiger partial charge in [-0.15, -0.1) is 0 Å². The number of carbonyl (C=O) groups is 1. The third-order valence-electron chi connectivity index (χ3n) is 4.86. The Labute approximate surface area is 156 Å². The smallest absolute Gasteiger partial charge is 0.269 e. The van der Waals surface area contributed by atoms with Gasteiger partial charge in [-0.3, -0.25) is 20.2 Å². The van der Waals surface area contributed by atoms with Crippen molar-refractivity contribution in [3.8, 4) is 0 Å². The lowest BCUT2D eigenvalue weighted by Gasteiger charge is -2.32. The van der Waals surface area contributed by atoms with Crippen LogP contribution in [0.4, 0.5) is 5.69 Å². The Morgan fingerprint density at radius 2 is 2.00 bits per heavy atom. The van der Waals surface area contributed by atoms with E-state index >= 15 is 0 Å². The molecule has 6 nitrogen and oxygen atoms in total. The van der Waals surface area contributed by atoms with Gasteiger partial charge in [0.05, 0.1) is 4.92 Å². The number of nitro groups is 1. The highest BCUT2D eigenvalue weighted by Gasteiger charge is 2.31. The normalized spacial score (nSPS) is 18.0. The number of fused-ring (bicyclic) bond motifs is 2. The monoisotopic (exact) mass is 362 g/mol. The van der Waals surface area contributed by atoms with Gasteiger partial charge in [0.25, 0.3) is 5.69 Å². The van der Waals surface area contributed by atoms with Crippen LogP contribution in [0.3, 0.4) is 0 Å². The molecule has 1 aliphatic heterocycles. The van der Waals surface area contributed by atoms with E-state index in [1.165, 1.54) is 18.6 Å². The number of aryl methyl sites for hydroxylation is 1. The van der Waals surface area contributed by atoms with Crippen molar-refractivity contribution in [3.63, 3.8) is 0 Å². The molecule has 0 fully saturated rings. The first-order valence-corrected chi connectivity index (χ1v) is 8.76. The zero-order valence-electron chi connectivity index (χ0n) is 14.8. The van der Waals surface area contributed by atoms with Gasteiger partial charge in [-0.1, -0.05) is 36.4 Å². The third kappa shape index (κ3) is 3.21. The van der Waals surface area contributed by atoms with E-state index in [4.69, 9.17) is 4.74 Å². The van der Waals surface area contributed by atoms with Crippen LogP contribution in [0, 0.1) is 10.1 Å². The maximum Gasteiger partial charge on any atom is 0.269 e. The van der Waals surface area contributed by atoms with Crippen LogP contribution in [-0.2, 0) is 16.0 Å². The van der Waals surface area contributed by atoms with Gasteiger partial charge in [0.1, 0.15) is 5.76 Å². The number of nitrogens with zero attached hydrogens (tertiary/aromatic N) is 1. The molecule has 1 unspecified atom stereocenters. The number of carbonyl (C=O) groups excluding carboxylic acids is 1. The van der Waals surface area contributed by atoms with Crippen LogP contribution in [0.2, 0.25) is 0 Å². The van der Waals surface area contributed by atoms with Crippen LogP contribution in [0.15, 0.2) is 66.1 Å². The molecule has 0 saturated carbocycles. The number of nitrogens with one attached hydrogen (secondary N) is 1. The van der Waals surface area contributed by atoms with Crippen LogP contribution in [0.5, 0.6) is 0 Å². The van der Waals surface area contributed by atoms with E-state index in [9.17, 15) is 14.9 Å². The molecule has 1 N–H and O–H groups in total. The zero-order chi connectivity index (χ0) is 19.0. The predicted octanol–water partition coefficient (Wildman–Crippen LogP) is 4.04. The summed E-state index contributed by atoms with van der Waals surface area (Å²) >= 11 is 0. The van der Waals surface area contributed by atoms with Crippen molar-refractivity contribution >= 4 is 17.4 Å². The molecule has 1 atom stereocenters. The molecule has 2 aromatic carbocycles. The van der Waals surface area contributed by atoms with E-state index in [0.717, 1.165) is 35.3 Å². The first kappa shape index (κ1) is 17.0. The van der Waals surface area contributed by atoms with Gasteiger partial charge in [-0.05, 0) is 35.6 Å². The van der Waals surface area contributed by atoms with Crippen molar-refractivity contribution in [2.75, 3.05) is 0 Å². The highest BCUT2D eigenvalue weighted by Crippen LogP contribution is 2.44. The van der Waals surface area contributed by atoms with Crippen molar-refractivity contribution < 1.29 is 14.5 Å². The van der Waals surface area contributed by atoms with Crippen molar-refractivity contribution in [1.29, 1.82) is 0 Å². The quantitative estimate of drug-likeness (QED) is 0.660. The number of hydrogen-bond acceptors (Lipinski definition) is 4. The molecule has 136 valence electrons. The molecule has 0 aromatic heterocycles. The second-order valence-electron chi connectivity index (χ2n) is 6.66. The maximum absolute atomic E-state index is 11.6. The molecule has 1 aliphatic carbocycles. The lowest BCUT2D eigenvalue weighted by Crippen LogP contribution is -2.26. The Balaban J connectivity index is 1.84.